The summed E-state index contributed by atoms with van der Waals surface area (Å²) in [5.74, 6) is 0. The summed E-state index contributed by atoms with van der Waals surface area (Å²) in [4.78, 5) is 10.1. The number of hydrogen-bond acceptors (Lipinski definition) is 1. The van der Waals surface area contributed by atoms with Crippen molar-refractivity contribution in [2.75, 3.05) is 0 Å². The molecule has 0 aliphatic carbocycles. The van der Waals surface area contributed by atoms with Crippen LogP contribution >= 0.6 is 15.9 Å². The van der Waals surface area contributed by atoms with Gasteiger partial charge in [0.25, 0.3) is 0 Å². The van der Waals surface area contributed by atoms with Crippen LogP contribution < -0.4 is 0 Å². The van der Waals surface area contributed by atoms with Gasteiger partial charge in [0, 0.05) is 10.9 Å². The third-order valence-corrected chi connectivity index (χ3v) is 2.74. The molecule has 0 atom stereocenters. The first-order valence-corrected chi connectivity index (χ1v) is 5.22. The quantitative estimate of drug-likeness (QED) is 0.584. The lowest BCUT2D eigenvalue weighted by Gasteiger charge is -2.03. The molecule has 0 radical (unpaired) electrons. The molecular weight excluding hydrogens is 228 g/mol. The molecule has 0 saturated heterocycles. The second-order valence-electron chi connectivity index (χ2n) is 3.15. The van der Waals surface area contributed by atoms with Crippen molar-refractivity contribution in [2.24, 2.45) is 0 Å². The number of benzene rings is 1. The second-order valence-corrected chi connectivity index (χ2v) is 4.01. The SMILES string of the molecule is Cc1ccc(Br)c(CCCC=O)c1. The lowest BCUT2D eigenvalue weighted by atomic mass is 10.1. The third-order valence-electron chi connectivity index (χ3n) is 1.97. The van der Waals surface area contributed by atoms with Crippen LogP contribution in [0.4, 0.5) is 0 Å². The van der Waals surface area contributed by atoms with Crippen LogP contribution in [0.25, 0.3) is 0 Å². The van der Waals surface area contributed by atoms with Crippen molar-refractivity contribution in [3.8, 4) is 0 Å². The number of hydrogen-bond donors (Lipinski definition) is 0. The number of halogens is 1. The highest BCUT2D eigenvalue weighted by Gasteiger charge is 1.99. The van der Waals surface area contributed by atoms with Gasteiger partial charge in [-0.2, -0.15) is 0 Å². The molecule has 0 amide bonds. The van der Waals surface area contributed by atoms with Crippen LogP contribution in [0.1, 0.15) is 24.0 Å². The summed E-state index contributed by atoms with van der Waals surface area (Å²) < 4.78 is 1.14. The van der Waals surface area contributed by atoms with Crippen molar-refractivity contribution in [3.63, 3.8) is 0 Å². The van der Waals surface area contributed by atoms with Crippen molar-refractivity contribution >= 4 is 22.2 Å². The maximum atomic E-state index is 10.1. The van der Waals surface area contributed by atoms with Crippen molar-refractivity contribution < 1.29 is 4.79 Å². The molecule has 1 rings (SSSR count). The Morgan fingerprint density at radius 1 is 1.46 bits per heavy atom. The van der Waals surface area contributed by atoms with Crippen LogP contribution in [0.3, 0.4) is 0 Å². The van der Waals surface area contributed by atoms with Crippen LogP contribution in [-0.2, 0) is 11.2 Å². The fraction of sp³-hybridized carbons (Fsp3) is 0.364. The molecule has 1 aromatic carbocycles. The highest BCUT2D eigenvalue weighted by molar-refractivity contribution is 9.10. The molecule has 0 spiro atoms. The van der Waals surface area contributed by atoms with Gasteiger partial charge in [0.2, 0.25) is 0 Å². The van der Waals surface area contributed by atoms with E-state index in [4.69, 9.17) is 0 Å². The Balaban J connectivity index is 2.64. The van der Waals surface area contributed by atoms with Crippen molar-refractivity contribution in [1.29, 1.82) is 0 Å². The maximum Gasteiger partial charge on any atom is 0.120 e. The molecule has 0 aliphatic rings. The topological polar surface area (TPSA) is 17.1 Å². The number of unbranched alkanes of at least 4 members (excludes halogenated alkanes) is 1. The van der Waals surface area contributed by atoms with Crippen LogP contribution in [-0.4, -0.2) is 6.29 Å². The van der Waals surface area contributed by atoms with E-state index in [0.717, 1.165) is 23.6 Å². The lowest BCUT2D eigenvalue weighted by molar-refractivity contribution is -0.107. The van der Waals surface area contributed by atoms with Crippen LogP contribution in [0.5, 0.6) is 0 Å². The minimum Gasteiger partial charge on any atom is -0.303 e. The molecule has 2 heteroatoms. The summed E-state index contributed by atoms with van der Waals surface area (Å²) in [6.45, 7) is 2.08. The number of aldehydes is 1. The van der Waals surface area contributed by atoms with E-state index in [2.05, 4.69) is 41.1 Å². The molecule has 1 aromatic rings. The van der Waals surface area contributed by atoms with E-state index in [0.29, 0.717) is 6.42 Å². The van der Waals surface area contributed by atoms with Gasteiger partial charge in [-0.3, -0.25) is 0 Å². The molecule has 0 saturated carbocycles. The summed E-state index contributed by atoms with van der Waals surface area (Å²) in [7, 11) is 0. The third kappa shape index (κ3) is 3.31. The number of carbonyl (C=O) groups is 1. The van der Waals surface area contributed by atoms with Gasteiger partial charge in [0.15, 0.2) is 0 Å². The number of carbonyl (C=O) groups excluding carboxylic acids is 1. The van der Waals surface area contributed by atoms with E-state index < -0.39 is 0 Å². The van der Waals surface area contributed by atoms with Crippen LogP contribution in [0, 0.1) is 6.92 Å². The first kappa shape index (κ1) is 10.5. The molecule has 0 aliphatic heterocycles. The minimum absolute atomic E-state index is 0.653. The van der Waals surface area contributed by atoms with E-state index in [1.54, 1.807) is 0 Å². The van der Waals surface area contributed by atoms with Gasteiger partial charge < -0.3 is 4.79 Å². The Morgan fingerprint density at radius 2 is 2.23 bits per heavy atom. The Morgan fingerprint density at radius 3 is 2.92 bits per heavy atom. The first-order valence-electron chi connectivity index (χ1n) is 4.42. The van der Waals surface area contributed by atoms with Gasteiger partial charge >= 0.3 is 0 Å². The van der Waals surface area contributed by atoms with E-state index in [1.807, 2.05) is 0 Å². The second kappa shape index (κ2) is 5.18. The first-order chi connectivity index (χ1) is 6.24. The largest absolute Gasteiger partial charge is 0.303 e. The molecule has 0 aromatic heterocycles. The predicted octanol–water partition coefficient (Wildman–Crippen LogP) is 3.28. The zero-order valence-electron chi connectivity index (χ0n) is 7.72. The van der Waals surface area contributed by atoms with E-state index >= 15 is 0 Å². The van der Waals surface area contributed by atoms with E-state index in [-0.39, 0.29) is 0 Å². The fourth-order valence-electron chi connectivity index (χ4n) is 1.27. The summed E-state index contributed by atoms with van der Waals surface area (Å²) in [5, 5.41) is 0. The van der Waals surface area contributed by atoms with Gasteiger partial charge in [-0.25, -0.2) is 0 Å². The average molecular weight is 241 g/mol. The van der Waals surface area contributed by atoms with Crippen molar-refractivity contribution in [3.05, 3.63) is 33.8 Å². The fourth-order valence-corrected chi connectivity index (χ4v) is 1.72. The normalized spacial score (nSPS) is 10.0. The molecule has 0 heterocycles. The van der Waals surface area contributed by atoms with Gasteiger partial charge in [-0.15, -0.1) is 0 Å². The summed E-state index contributed by atoms with van der Waals surface area (Å²) in [5.41, 5.74) is 2.56. The maximum absolute atomic E-state index is 10.1. The van der Waals surface area contributed by atoms with E-state index in [1.165, 1.54) is 11.1 Å². The average Bonchev–Trinajstić information content (AvgIpc) is 2.11. The molecule has 0 unspecified atom stereocenters. The summed E-state index contributed by atoms with van der Waals surface area (Å²) in [6, 6.07) is 6.30. The monoisotopic (exact) mass is 240 g/mol. The standard InChI is InChI=1S/C11H13BrO/c1-9-5-6-11(12)10(8-9)4-2-3-7-13/h5-8H,2-4H2,1H3. The number of rotatable bonds is 4. The van der Waals surface area contributed by atoms with Gasteiger partial charge in [0.05, 0.1) is 0 Å². The molecule has 70 valence electrons. The lowest BCUT2D eigenvalue weighted by Crippen LogP contribution is -1.89. The molecular formula is C11H13BrO. The Bertz CT molecular complexity index is 294. The zero-order valence-corrected chi connectivity index (χ0v) is 9.30. The molecule has 0 N–H and O–H groups in total. The smallest absolute Gasteiger partial charge is 0.120 e. The van der Waals surface area contributed by atoms with Gasteiger partial charge in [-0.05, 0) is 31.4 Å². The molecule has 1 nitrogen and oxygen atoms in total. The van der Waals surface area contributed by atoms with Gasteiger partial charge in [0.1, 0.15) is 6.29 Å². The number of aryl methyl sites for hydroxylation is 2. The van der Waals surface area contributed by atoms with Gasteiger partial charge in [-0.1, -0.05) is 33.6 Å². The zero-order chi connectivity index (χ0) is 9.68. The van der Waals surface area contributed by atoms with Crippen LogP contribution in [0.15, 0.2) is 22.7 Å². The van der Waals surface area contributed by atoms with Crippen molar-refractivity contribution in [2.45, 2.75) is 26.2 Å². The minimum atomic E-state index is 0.653. The molecule has 13 heavy (non-hydrogen) atoms. The van der Waals surface area contributed by atoms with Crippen LogP contribution in [0.2, 0.25) is 0 Å². The predicted molar refractivity (Wildman–Crippen MR) is 57.9 cm³/mol. The van der Waals surface area contributed by atoms with Crippen molar-refractivity contribution in [1.82, 2.24) is 0 Å². The highest BCUT2D eigenvalue weighted by atomic mass is 79.9. The van der Waals surface area contributed by atoms with E-state index in [9.17, 15) is 4.79 Å². The summed E-state index contributed by atoms with van der Waals surface area (Å²) in [6.07, 6.45) is 3.54. The Kier molecular flexibility index (Phi) is 4.16. The molecule has 0 bridgehead atoms. The Labute approximate surface area is 87.3 Å². The Hall–Kier alpha value is -0.630. The molecule has 0 fully saturated rings. The highest BCUT2D eigenvalue weighted by Crippen LogP contribution is 2.19. The summed E-state index contributed by atoms with van der Waals surface area (Å²) >= 11 is 3.49.